The maximum absolute atomic E-state index is 11.0. The minimum absolute atomic E-state index is 0.292. The van der Waals surface area contributed by atoms with Crippen LogP contribution in [0.5, 0.6) is 0 Å². The SMILES string of the molecule is CC#CC(=O)NCc1cncnc1N. The molecule has 0 bridgehead atoms. The van der Waals surface area contributed by atoms with Gasteiger partial charge < -0.3 is 11.1 Å². The van der Waals surface area contributed by atoms with Gasteiger partial charge in [-0.3, -0.25) is 4.79 Å². The molecule has 1 amide bonds. The van der Waals surface area contributed by atoms with Crippen LogP contribution in [0.3, 0.4) is 0 Å². The summed E-state index contributed by atoms with van der Waals surface area (Å²) in [5.41, 5.74) is 6.22. The number of nitrogens with two attached hydrogens (primary N) is 1. The van der Waals surface area contributed by atoms with Gasteiger partial charge in [-0.15, -0.1) is 0 Å². The van der Waals surface area contributed by atoms with E-state index >= 15 is 0 Å². The Balaban J connectivity index is 2.57. The number of anilines is 1. The molecule has 0 aromatic carbocycles. The Morgan fingerprint density at radius 1 is 1.71 bits per heavy atom. The second-order valence-corrected chi connectivity index (χ2v) is 2.49. The quantitative estimate of drug-likeness (QED) is 0.627. The highest BCUT2D eigenvalue weighted by Crippen LogP contribution is 2.03. The van der Waals surface area contributed by atoms with E-state index in [1.165, 1.54) is 6.33 Å². The molecule has 14 heavy (non-hydrogen) atoms. The molecule has 1 aromatic rings. The van der Waals surface area contributed by atoms with Gasteiger partial charge in [-0.05, 0) is 12.8 Å². The molecule has 1 rings (SSSR count). The maximum atomic E-state index is 11.0. The highest BCUT2D eigenvalue weighted by molar-refractivity contribution is 5.93. The molecule has 0 atom stereocenters. The molecule has 0 aliphatic rings. The topological polar surface area (TPSA) is 80.9 Å². The van der Waals surface area contributed by atoms with E-state index in [-0.39, 0.29) is 5.91 Å². The van der Waals surface area contributed by atoms with Crippen LogP contribution in [0.15, 0.2) is 12.5 Å². The van der Waals surface area contributed by atoms with Gasteiger partial charge in [0.2, 0.25) is 0 Å². The van der Waals surface area contributed by atoms with Crippen LogP contribution in [0.1, 0.15) is 12.5 Å². The van der Waals surface area contributed by atoms with Gasteiger partial charge >= 0.3 is 0 Å². The van der Waals surface area contributed by atoms with Gasteiger partial charge in [-0.1, -0.05) is 5.92 Å². The Hall–Kier alpha value is -2.09. The van der Waals surface area contributed by atoms with Gasteiger partial charge in [0.05, 0.1) is 0 Å². The molecule has 1 aromatic heterocycles. The second-order valence-electron chi connectivity index (χ2n) is 2.49. The first-order valence-corrected chi connectivity index (χ1v) is 3.99. The van der Waals surface area contributed by atoms with Crippen LogP contribution in [0.2, 0.25) is 0 Å². The summed E-state index contributed by atoms with van der Waals surface area (Å²) in [4.78, 5) is 18.5. The van der Waals surface area contributed by atoms with Crippen LogP contribution < -0.4 is 11.1 Å². The Bertz CT molecular complexity index is 391. The zero-order valence-corrected chi connectivity index (χ0v) is 7.74. The molecular formula is C9H10N4O. The first-order chi connectivity index (χ1) is 6.74. The van der Waals surface area contributed by atoms with E-state index in [1.807, 2.05) is 0 Å². The molecule has 0 spiro atoms. The maximum Gasteiger partial charge on any atom is 0.296 e. The van der Waals surface area contributed by atoms with Crippen LogP contribution in [-0.2, 0) is 11.3 Å². The number of aromatic nitrogens is 2. The van der Waals surface area contributed by atoms with Gasteiger partial charge in [0.1, 0.15) is 12.1 Å². The summed E-state index contributed by atoms with van der Waals surface area (Å²) in [7, 11) is 0. The van der Waals surface area contributed by atoms with Crippen molar-refractivity contribution in [2.24, 2.45) is 0 Å². The largest absolute Gasteiger partial charge is 0.383 e. The van der Waals surface area contributed by atoms with Crippen LogP contribution in [0, 0.1) is 11.8 Å². The van der Waals surface area contributed by atoms with E-state index in [2.05, 4.69) is 27.1 Å². The van der Waals surface area contributed by atoms with Gasteiger partial charge in [0, 0.05) is 18.3 Å². The smallest absolute Gasteiger partial charge is 0.296 e. The molecule has 72 valence electrons. The Morgan fingerprint density at radius 3 is 3.14 bits per heavy atom. The molecule has 0 fully saturated rings. The molecule has 0 saturated heterocycles. The molecule has 5 nitrogen and oxygen atoms in total. The van der Waals surface area contributed by atoms with Crippen molar-refractivity contribution in [1.82, 2.24) is 15.3 Å². The first kappa shape index (κ1) is 9.99. The number of hydrogen-bond donors (Lipinski definition) is 2. The summed E-state index contributed by atoms with van der Waals surface area (Å²) in [5.74, 6) is 4.88. The van der Waals surface area contributed by atoms with Crippen molar-refractivity contribution in [1.29, 1.82) is 0 Å². The molecule has 3 N–H and O–H groups in total. The van der Waals surface area contributed by atoms with Crippen molar-refractivity contribution in [3.05, 3.63) is 18.1 Å². The minimum atomic E-state index is -0.337. The summed E-state index contributed by atoms with van der Waals surface area (Å²) < 4.78 is 0. The third kappa shape index (κ3) is 2.75. The lowest BCUT2D eigenvalue weighted by Gasteiger charge is -2.02. The number of rotatable bonds is 2. The summed E-state index contributed by atoms with van der Waals surface area (Å²) in [6.07, 6.45) is 2.91. The zero-order chi connectivity index (χ0) is 10.4. The third-order valence-corrected chi connectivity index (χ3v) is 1.50. The van der Waals surface area contributed by atoms with E-state index in [9.17, 15) is 4.79 Å². The normalized spacial score (nSPS) is 8.64. The van der Waals surface area contributed by atoms with Crippen LogP contribution in [-0.4, -0.2) is 15.9 Å². The minimum Gasteiger partial charge on any atom is -0.383 e. The van der Waals surface area contributed by atoms with Crippen LogP contribution in [0.4, 0.5) is 5.82 Å². The van der Waals surface area contributed by atoms with Crippen molar-refractivity contribution in [3.8, 4) is 11.8 Å². The van der Waals surface area contributed by atoms with Crippen molar-refractivity contribution >= 4 is 11.7 Å². The fourth-order valence-corrected chi connectivity index (χ4v) is 0.837. The highest BCUT2D eigenvalue weighted by atomic mass is 16.1. The lowest BCUT2D eigenvalue weighted by atomic mass is 10.3. The van der Waals surface area contributed by atoms with Gasteiger partial charge in [0.15, 0.2) is 0 Å². The average molecular weight is 190 g/mol. The zero-order valence-electron chi connectivity index (χ0n) is 7.74. The predicted octanol–water partition coefficient (Wildman–Crippen LogP) is -0.302. The number of nitrogens with zero attached hydrogens (tertiary/aromatic N) is 2. The fraction of sp³-hybridized carbons (Fsp3) is 0.222. The van der Waals surface area contributed by atoms with E-state index in [1.54, 1.807) is 13.1 Å². The predicted molar refractivity (Wildman–Crippen MR) is 51.7 cm³/mol. The number of carbonyl (C=O) groups is 1. The van der Waals surface area contributed by atoms with E-state index in [4.69, 9.17) is 5.73 Å². The number of nitrogen functional groups attached to an aromatic ring is 1. The molecular weight excluding hydrogens is 180 g/mol. The van der Waals surface area contributed by atoms with E-state index < -0.39 is 0 Å². The molecule has 0 radical (unpaired) electrons. The van der Waals surface area contributed by atoms with Crippen molar-refractivity contribution in [2.75, 3.05) is 5.73 Å². The monoisotopic (exact) mass is 190 g/mol. The Labute approximate surface area is 81.7 Å². The summed E-state index contributed by atoms with van der Waals surface area (Å²) in [6, 6.07) is 0. The number of nitrogens with one attached hydrogen (secondary N) is 1. The summed E-state index contributed by atoms with van der Waals surface area (Å²) >= 11 is 0. The van der Waals surface area contributed by atoms with Crippen molar-refractivity contribution in [3.63, 3.8) is 0 Å². The molecule has 0 aliphatic heterocycles. The number of hydrogen-bond acceptors (Lipinski definition) is 4. The fourth-order valence-electron chi connectivity index (χ4n) is 0.837. The first-order valence-electron chi connectivity index (χ1n) is 3.99. The lowest BCUT2D eigenvalue weighted by molar-refractivity contribution is -0.115. The van der Waals surface area contributed by atoms with Crippen LogP contribution >= 0.6 is 0 Å². The third-order valence-electron chi connectivity index (χ3n) is 1.50. The number of amides is 1. The van der Waals surface area contributed by atoms with Crippen molar-refractivity contribution < 1.29 is 4.79 Å². The second kappa shape index (κ2) is 4.82. The van der Waals surface area contributed by atoms with E-state index in [0.29, 0.717) is 17.9 Å². The summed E-state index contributed by atoms with van der Waals surface area (Å²) in [6.45, 7) is 1.89. The standard InChI is InChI=1S/C9H10N4O/c1-2-3-8(14)12-5-7-4-11-6-13-9(7)10/h4,6H,5H2,1H3,(H,12,14)(H2,10,11,13). The summed E-state index contributed by atoms with van der Waals surface area (Å²) in [5, 5.41) is 2.57. The molecule has 0 unspecified atom stereocenters. The van der Waals surface area contributed by atoms with Gasteiger partial charge in [-0.2, -0.15) is 0 Å². The molecule has 0 saturated carbocycles. The van der Waals surface area contributed by atoms with Gasteiger partial charge in [-0.25, -0.2) is 9.97 Å². The highest BCUT2D eigenvalue weighted by Gasteiger charge is 2.00. The Morgan fingerprint density at radius 2 is 2.50 bits per heavy atom. The van der Waals surface area contributed by atoms with E-state index in [0.717, 1.165) is 0 Å². The number of carbonyl (C=O) groups excluding carboxylic acids is 1. The Kier molecular flexibility index (Phi) is 3.44. The molecule has 0 aliphatic carbocycles. The lowest BCUT2D eigenvalue weighted by Crippen LogP contribution is -2.21. The van der Waals surface area contributed by atoms with Crippen LogP contribution in [0.25, 0.3) is 0 Å². The average Bonchev–Trinajstić information content (AvgIpc) is 2.17. The van der Waals surface area contributed by atoms with Gasteiger partial charge in [0.25, 0.3) is 5.91 Å². The molecule has 5 heteroatoms. The molecule has 1 heterocycles. The van der Waals surface area contributed by atoms with Crippen molar-refractivity contribution in [2.45, 2.75) is 13.5 Å².